The quantitative estimate of drug-likeness (QED) is 0.864. The topological polar surface area (TPSA) is 56.8 Å². The van der Waals surface area contributed by atoms with Crippen LogP contribution in [0.4, 0.5) is 4.79 Å². The number of alkyl carbamates (subject to hydrolysis) is 1. The SMILES string of the molecule is CO[C@H]1CC[C@@H](COCc2ccccc2)[C@@H]1NC(=O)OC(C)(C)C. The summed E-state index contributed by atoms with van der Waals surface area (Å²) in [5.74, 6) is 0.228. The van der Waals surface area contributed by atoms with E-state index in [1.807, 2.05) is 51.1 Å². The van der Waals surface area contributed by atoms with Crippen molar-refractivity contribution in [2.45, 2.75) is 58.0 Å². The highest BCUT2D eigenvalue weighted by molar-refractivity contribution is 5.68. The van der Waals surface area contributed by atoms with Crippen molar-refractivity contribution >= 4 is 6.09 Å². The van der Waals surface area contributed by atoms with E-state index in [2.05, 4.69) is 5.32 Å². The predicted octanol–water partition coefficient (Wildman–Crippen LogP) is 3.52. The lowest BCUT2D eigenvalue weighted by molar-refractivity contribution is 0.0250. The Morgan fingerprint density at radius 1 is 1.21 bits per heavy atom. The number of amides is 1. The van der Waals surface area contributed by atoms with Crippen LogP contribution in [-0.4, -0.2) is 37.6 Å². The average molecular weight is 335 g/mol. The van der Waals surface area contributed by atoms with Crippen LogP contribution in [0, 0.1) is 5.92 Å². The number of carbonyl (C=O) groups excluding carboxylic acids is 1. The largest absolute Gasteiger partial charge is 0.444 e. The van der Waals surface area contributed by atoms with E-state index in [9.17, 15) is 4.79 Å². The number of rotatable bonds is 6. The minimum Gasteiger partial charge on any atom is -0.444 e. The van der Waals surface area contributed by atoms with Crippen LogP contribution in [0.1, 0.15) is 39.2 Å². The van der Waals surface area contributed by atoms with Crippen molar-refractivity contribution in [1.29, 1.82) is 0 Å². The molecule has 1 amide bonds. The summed E-state index contributed by atoms with van der Waals surface area (Å²) in [6, 6.07) is 10.0. The molecule has 134 valence electrons. The van der Waals surface area contributed by atoms with E-state index in [0.29, 0.717) is 13.2 Å². The van der Waals surface area contributed by atoms with Gasteiger partial charge in [0.2, 0.25) is 0 Å². The summed E-state index contributed by atoms with van der Waals surface area (Å²) in [7, 11) is 1.68. The van der Waals surface area contributed by atoms with Crippen molar-refractivity contribution in [3.8, 4) is 0 Å². The van der Waals surface area contributed by atoms with E-state index >= 15 is 0 Å². The fourth-order valence-corrected chi connectivity index (χ4v) is 3.05. The molecule has 5 heteroatoms. The van der Waals surface area contributed by atoms with E-state index in [4.69, 9.17) is 14.2 Å². The third kappa shape index (κ3) is 5.80. The van der Waals surface area contributed by atoms with Crippen LogP contribution < -0.4 is 5.32 Å². The van der Waals surface area contributed by atoms with Crippen LogP contribution >= 0.6 is 0 Å². The average Bonchev–Trinajstić information content (AvgIpc) is 2.88. The lowest BCUT2D eigenvalue weighted by atomic mass is 10.0. The van der Waals surface area contributed by atoms with Gasteiger partial charge in [-0.15, -0.1) is 0 Å². The molecule has 0 unspecified atom stereocenters. The fourth-order valence-electron chi connectivity index (χ4n) is 3.05. The molecule has 1 aromatic rings. The summed E-state index contributed by atoms with van der Waals surface area (Å²) >= 11 is 0. The molecule has 0 bridgehead atoms. The molecule has 3 atom stereocenters. The van der Waals surface area contributed by atoms with Gasteiger partial charge >= 0.3 is 6.09 Å². The van der Waals surface area contributed by atoms with Gasteiger partial charge in [0.25, 0.3) is 0 Å². The van der Waals surface area contributed by atoms with Crippen molar-refractivity contribution in [2.24, 2.45) is 5.92 Å². The Morgan fingerprint density at radius 3 is 2.54 bits per heavy atom. The van der Waals surface area contributed by atoms with Crippen LogP contribution in [0.25, 0.3) is 0 Å². The number of hydrogen-bond donors (Lipinski definition) is 1. The maximum absolute atomic E-state index is 12.1. The highest BCUT2D eigenvalue weighted by Gasteiger charge is 2.38. The van der Waals surface area contributed by atoms with Gasteiger partial charge in [-0.2, -0.15) is 0 Å². The van der Waals surface area contributed by atoms with Crippen LogP contribution in [0.3, 0.4) is 0 Å². The first-order valence-corrected chi connectivity index (χ1v) is 8.53. The Labute approximate surface area is 144 Å². The van der Waals surface area contributed by atoms with E-state index < -0.39 is 11.7 Å². The lowest BCUT2D eigenvalue weighted by Gasteiger charge is -2.27. The Bertz CT molecular complexity index is 512. The molecule has 0 radical (unpaired) electrons. The van der Waals surface area contributed by atoms with Crippen LogP contribution in [-0.2, 0) is 20.8 Å². The molecule has 1 aliphatic rings. The number of nitrogens with one attached hydrogen (secondary N) is 1. The molecule has 0 spiro atoms. The molecule has 0 saturated heterocycles. The molecule has 1 N–H and O–H groups in total. The van der Waals surface area contributed by atoms with Crippen molar-refractivity contribution < 1.29 is 19.0 Å². The molecule has 24 heavy (non-hydrogen) atoms. The highest BCUT2D eigenvalue weighted by atomic mass is 16.6. The summed E-state index contributed by atoms with van der Waals surface area (Å²) in [5, 5.41) is 2.97. The number of ether oxygens (including phenoxy) is 3. The second kappa shape index (κ2) is 8.49. The van der Waals surface area contributed by atoms with Crippen molar-refractivity contribution in [2.75, 3.05) is 13.7 Å². The Hall–Kier alpha value is -1.59. The molecule has 2 rings (SSSR count). The fraction of sp³-hybridized carbons (Fsp3) is 0.632. The van der Waals surface area contributed by atoms with Crippen LogP contribution in [0.5, 0.6) is 0 Å². The van der Waals surface area contributed by atoms with Crippen LogP contribution in [0.15, 0.2) is 30.3 Å². The van der Waals surface area contributed by atoms with Crippen molar-refractivity contribution in [3.05, 3.63) is 35.9 Å². The van der Waals surface area contributed by atoms with Gasteiger partial charge in [-0.1, -0.05) is 30.3 Å². The molecule has 1 aliphatic carbocycles. The first-order chi connectivity index (χ1) is 11.4. The minimum absolute atomic E-state index is 0.00263. The Morgan fingerprint density at radius 2 is 1.92 bits per heavy atom. The van der Waals surface area contributed by atoms with Gasteiger partial charge in [-0.3, -0.25) is 0 Å². The van der Waals surface area contributed by atoms with Gasteiger partial charge in [0.1, 0.15) is 5.60 Å². The molecule has 5 nitrogen and oxygen atoms in total. The zero-order valence-corrected chi connectivity index (χ0v) is 15.1. The third-order valence-electron chi connectivity index (χ3n) is 4.16. The van der Waals surface area contributed by atoms with Crippen LogP contribution in [0.2, 0.25) is 0 Å². The number of methoxy groups -OCH3 is 1. The van der Waals surface area contributed by atoms with Gasteiger partial charge in [0.05, 0.1) is 25.4 Å². The predicted molar refractivity (Wildman–Crippen MR) is 92.8 cm³/mol. The van der Waals surface area contributed by atoms with E-state index in [0.717, 1.165) is 18.4 Å². The molecule has 0 heterocycles. The number of carbonyl (C=O) groups is 1. The molecular weight excluding hydrogens is 306 g/mol. The molecule has 1 saturated carbocycles. The second-order valence-corrected chi connectivity index (χ2v) is 7.28. The van der Waals surface area contributed by atoms with E-state index in [-0.39, 0.29) is 18.1 Å². The highest BCUT2D eigenvalue weighted by Crippen LogP contribution is 2.29. The summed E-state index contributed by atoms with van der Waals surface area (Å²) in [6.07, 6.45) is 1.48. The zero-order valence-electron chi connectivity index (χ0n) is 15.1. The Balaban J connectivity index is 1.86. The summed E-state index contributed by atoms with van der Waals surface area (Å²) < 4.78 is 16.8. The smallest absolute Gasteiger partial charge is 0.407 e. The Kier molecular flexibility index (Phi) is 6.63. The van der Waals surface area contributed by atoms with Crippen molar-refractivity contribution in [3.63, 3.8) is 0 Å². The monoisotopic (exact) mass is 335 g/mol. The van der Waals surface area contributed by atoms with Gasteiger partial charge in [-0.05, 0) is 39.2 Å². The summed E-state index contributed by atoms with van der Waals surface area (Å²) in [4.78, 5) is 12.1. The molecule has 0 aromatic heterocycles. The number of benzene rings is 1. The first-order valence-electron chi connectivity index (χ1n) is 8.53. The third-order valence-corrected chi connectivity index (χ3v) is 4.16. The van der Waals surface area contributed by atoms with E-state index in [1.165, 1.54) is 0 Å². The number of hydrogen-bond acceptors (Lipinski definition) is 4. The standard InChI is InChI=1S/C19H29NO4/c1-19(2,3)24-18(21)20-17-15(10-11-16(17)22-4)13-23-12-14-8-6-5-7-9-14/h5-9,15-17H,10-13H2,1-4H3,(H,20,21)/t15-,16-,17-/m0/s1. The minimum atomic E-state index is -0.509. The molecule has 1 fully saturated rings. The lowest BCUT2D eigenvalue weighted by Crippen LogP contribution is -2.47. The second-order valence-electron chi connectivity index (χ2n) is 7.28. The van der Waals surface area contributed by atoms with Gasteiger partial charge in [0.15, 0.2) is 0 Å². The molecule has 0 aliphatic heterocycles. The van der Waals surface area contributed by atoms with Gasteiger partial charge in [0, 0.05) is 13.0 Å². The summed E-state index contributed by atoms with van der Waals surface area (Å²) in [6.45, 7) is 6.74. The maximum Gasteiger partial charge on any atom is 0.407 e. The van der Waals surface area contributed by atoms with Gasteiger partial charge < -0.3 is 19.5 Å². The normalized spacial score (nSPS) is 23.9. The van der Waals surface area contributed by atoms with Gasteiger partial charge in [-0.25, -0.2) is 4.79 Å². The van der Waals surface area contributed by atoms with Crippen molar-refractivity contribution in [1.82, 2.24) is 5.32 Å². The molecular formula is C19H29NO4. The molecule has 1 aromatic carbocycles. The maximum atomic E-state index is 12.1. The zero-order chi connectivity index (χ0) is 17.6. The summed E-state index contributed by atoms with van der Waals surface area (Å²) in [5.41, 5.74) is 0.639. The first kappa shape index (κ1) is 18.7. The van der Waals surface area contributed by atoms with E-state index in [1.54, 1.807) is 7.11 Å².